The van der Waals surface area contributed by atoms with Crippen molar-refractivity contribution >= 4 is 46.6 Å². The maximum absolute atomic E-state index is 12.3. The van der Waals surface area contributed by atoms with Crippen molar-refractivity contribution in [3.05, 3.63) is 45.2 Å². The second-order valence-electron chi connectivity index (χ2n) is 5.18. The summed E-state index contributed by atoms with van der Waals surface area (Å²) < 4.78 is 0. The van der Waals surface area contributed by atoms with Gasteiger partial charge in [0, 0.05) is 16.4 Å². The van der Waals surface area contributed by atoms with Gasteiger partial charge in [-0.15, -0.1) is 0 Å². The summed E-state index contributed by atoms with van der Waals surface area (Å²) >= 11 is 13.3. The minimum absolute atomic E-state index is 0.182. The number of anilines is 1. The zero-order valence-corrected chi connectivity index (χ0v) is 15.6. The lowest BCUT2D eigenvalue weighted by atomic mass is 10.2. The highest BCUT2D eigenvalue weighted by atomic mass is 35.5. The highest BCUT2D eigenvalue weighted by Gasteiger charge is 2.18. The molecule has 0 radical (unpaired) electrons. The largest absolute Gasteiger partial charge is 0.324 e. The van der Waals surface area contributed by atoms with Crippen LogP contribution in [0.1, 0.15) is 23.9 Å². The molecule has 7 heteroatoms. The second-order valence-corrected chi connectivity index (χ2v) is 7.33. The first-order valence-electron chi connectivity index (χ1n) is 7.02. The number of aryl methyl sites for hydroxylation is 2. The molecule has 0 unspecified atom stereocenters. The van der Waals surface area contributed by atoms with E-state index in [9.17, 15) is 4.79 Å². The summed E-state index contributed by atoms with van der Waals surface area (Å²) in [5.74, 6) is -0.182. The molecule has 0 bridgehead atoms. The SMILES string of the molecule is Cc1nc(S[C@@H](C)C(=O)Nc2cc(Cl)ccc2Cl)nc(C)c1C. The summed E-state index contributed by atoms with van der Waals surface area (Å²) in [6.45, 7) is 7.65. The predicted octanol–water partition coefficient (Wildman–Crippen LogP) is 4.83. The molecule has 0 saturated carbocycles. The number of hydrogen-bond donors (Lipinski definition) is 1. The first kappa shape index (κ1) is 18.0. The molecule has 1 N–H and O–H groups in total. The van der Waals surface area contributed by atoms with Crippen LogP contribution in [-0.4, -0.2) is 21.1 Å². The van der Waals surface area contributed by atoms with E-state index >= 15 is 0 Å². The Morgan fingerprint density at radius 2 is 1.78 bits per heavy atom. The Balaban J connectivity index is 2.10. The molecule has 0 fully saturated rings. The number of nitrogens with zero attached hydrogens (tertiary/aromatic N) is 2. The quantitative estimate of drug-likeness (QED) is 0.619. The van der Waals surface area contributed by atoms with Crippen molar-refractivity contribution in [3.8, 4) is 0 Å². The molecule has 1 heterocycles. The van der Waals surface area contributed by atoms with Gasteiger partial charge in [-0.1, -0.05) is 35.0 Å². The number of benzene rings is 1. The molecule has 1 aromatic carbocycles. The Bertz CT molecular complexity index is 729. The minimum Gasteiger partial charge on any atom is -0.324 e. The van der Waals surface area contributed by atoms with Crippen LogP contribution in [0.15, 0.2) is 23.4 Å². The van der Waals surface area contributed by atoms with E-state index in [1.165, 1.54) is 11.8 Å². The molecule has 0 spiro atoms. The third kappa shape index (κ3) is 4.59. The molecular formula is C16H17Cl2N3OS. The smallest absolute Gasteiger partial charge is 0.237 e. The Hall–Kier alpha value is -1.30. The number of hydrogen-bond acceptors (Lipinski definition) is 4. The van der Waals surface area contributed by atoms with E-state index in [-0.39, 0.29) is 11.2 Å². The standard InChI is InChI=1S/C16H17Cl2N3OS/c1-8-9(2)19-16(20-10(8)3)23-11(4)15(22)21-14-7-12(17)5-6-13(14)18/h5-7,11H,1-4H3,(H,21,22)/t11-/m0/s1. The monoisotopic (exact) mass is 369 g/mol. The van der Waals surface area contributed by atoms with Gasteiger partial charge >= 0.3 is 0 Å². The lowest BCUT2D eigenvalue weighted by Gasteiger charge is -2.13. The van der Waals surface area contributed by atoms with Gasteiger partial charge < -0.3 is 5.32 Å². The van der Waals surface area contributed by atoms with Gasteiger partial charge in [0.05, 0.1) is 16.0 Å². The Labute approximate surface area is 150 Å². The molecule has 0 aliphatic carbocycles. The Kier molecular flexibility index (Phi) is 5.89. The zero-order chi connectivity index (χ0) is 17.1. The van der Waals surface area contributed by atoms with Gasteiger partial charge in [-0.2, -0.15) is 0 Å². The number of nitrogens with one attached hydrogen (secondary N) is 1. The fourth-order valence-corrected chi connectivity index (χ4v) is 3.03. The van der Waals surface area contributed by atoms with Crippen LogP contribution in [0.4, 0.5) is 5.69 Å². The van der Waals surface area contributed by atoms with Gasteiger partial charge in [-0.3, -0.25) is 4.79 Å². The maximum atomic E-state index is 12.3. The molecular weight excluding hydrogens is 353 g/mol. The molecule has 1 atom stereocenters. The molecule has 122 valence electrons. The van der Waals surface area contributed by atoms with Crippen LogP contribution in [0.5, 0.6) is 0 Å². The molecule has 2 aromatic rings. The third-order valence-corrected chi connectivity index (χ3v) is 4.98. The van der Waals surface area contributed by atoms with E-state index in [2.05, 4.69) is 15.3 Å². The van der Waals surface area contributed by atoms with Crippen molar-refractivity contribution in [1.82, 2.24) is 9.97 Å². The molecule has 4 nitrogen and oxygen atoms in total. The van der Waals surface area contributed by atoms with Crippen molar-refractivity contribution < 1.29 is 4.79 Å². The van der Waals surface area contributed by atoms with Gasteiger partial charge in [0.25, 0.3) is 0 Å². The van der Waals surface area contributed by atoms with E-state index in [4.69, 9.17) is 23.2 Å². The predicted molar refractivity (Wildman–Crippen MR) is 96.7 cm³/mol. The normalized spacial score (nSPS) is 12.1. The lowest BCUT2D eigenvalue weighted by Crippen LogP contribution is -2.23. The van der Waals surface area contributed by atoms with Crippen molar-refractivity contribution in [3.63, 3.8) is 0 Å². The number of carbonyl (C=O) groups is 1. The maximum Gasteiger partial charge on any atom is 0.237 e. The highest BCUT2D eigenvalue weighted by Crippen LogP contribution is 2.27. The average Bonchev–Trinajstić information content (AvgIpc) is 2.48. The number of aromatic nitrogens is 2. The Morgan fingerprint density at radius 1 is 1.17 bits per heavy atom. The van der Waals surface area contributed by atoms with Crippen LogP contribution < -0.4 is 5.32 Å². The zero-order valence-electron chi connectivity index (χ0n) is 13.3. The number of rotatable bonds is 4. The number of thioether (sulfide) groups is 1. The van der Waals surface area contributed by atoms with E-state index in [0.717, 1.165) is 17.0 Å². The summed E-state index contributed by atoms with van der Waals surface area (Å²) in [6.07, 6.45) is 0. The van der Waals surface area contributed by atoms with Crippen LogP contribution >= 0.6 is 35.0 Å². The highest BCUT2D eigenvalue weighted by molar-refractivity contribution is 8.00. The topological polar surface area (TPSA) is 54.9 Å². The molecule has 1 aromatic heterocycles. The van der Waals surface area contributed by atoms with Gasteiger partial charge in [-0.05, 0) is 51.5 Å². The van der Waals surface area contributed by atoms with Gasteiger partial charge in [0.1, 0.15) is 0 Å². The fourth-order valence-electron chi connectivity index (χ4n) is 1.83. The van der Waals surface area contributed by atoms with E-state index < -0.39 is 0 Å². The molecule has 1 amide bonds. The van der Waals surface area contributed by atoms with Crippen LogP contribution in [0.2, 0.25) is 10.0 Å². The number of amides is 1. The molecule has 0 aliphatic rings. The fraction of sp³-hybridized carbons (Fsp3) is 0.312. The van der Waals surface area contributed by atoms with Gasteiger partial charge in [0.15, 0.2) is 5.16 Å². The minimum atomic E-state index is -0.369. The van der Waals surface area contributed by atoms with Crippen molar-refractivity contribution in [1.29, 1.82) is 0 Å². The number of halogens is 2. The van der Waals surface area contributed by atoms with E-state index in [1.807, 2.05) is 20.8 Å². The summed E-state index contributed by atoms with van der Waals surface area (Å²) in [5.41, 5.74) is 3.40. The summed E-state index contributed by atoms with van der Waals surface area (Å²) in [7, 11) is 0. The van der Waals surface area contributed by atoms with Crippen LogP contribution in [0.25, 0.3) is 0 Å². The first-order valence-corrected chi connectivity index (χ1v) is 8.66. The van der Waals surface area contributed by atoms with Crippen molar-refractivity contribution in [2.45, 2.75) is 38.1 Å². The summed E-state index contributed by atoms with van der Waals surface area (Å²) in [4.78, 5) is 21.2. The van der Waals surface area contributed by atoms with Crippen LogP contribution in [0.3, 0.4) is 0 Å². The molecule has 0 aliphatic heterocycles. The molecule has 0 saturated heterocycles. The van der Waals surface area contributed by atoms with Crippen LogP contribution in [-0.2, 0) is 4.79 Å². The lowest BCUT2D eigenvalue weighted by molar-refractivity contribution is -0.115. The van der Waals surface area contributed by atoms with E-state index in [1.54, 1.807) is 25.1 Å². The average molecular weight is 370 g/mol. The summed E-state index contributed by atoms with van der Waals surface area (Å²) in [5, 5.41) is 3.95. The van der Waals surface area contributed by atoms with Crippen LogP contribution in [0, 0.1) is 20.8 Å². The Morgan fingerprint density at radius 3 is 2.39 bits per heavy atom. The van der Waals surface area contributed by atoms with Gasteiger partial charge in [0.2, 0.25) is 5.91 Å². The molecule has 2 rings (SSSR count). The van der Waals surface area contributed by atoms with E-state index in [0.29, 0.717) is 20.9 Å². The van der Waals surface area contributed by atoms with Gasteiger partial charge in [-0.25, -0.2) is 9.97 Å². The first-order chi connectivity index (χ1) is 10.8. The van der Waals surface area contributed by atoms with Crippen molar-refractivity contribution in [2.75, 3.05) is 5.32 Å². The van der Waals surface area contributed by atoms with Crippen molar-refractivity contribution in [2.24, 2.45) is 0 Å². The molecule has 23 heavy (non-hydrogen) atoms. The second kappa shape index (κ2) is 7.51. The number of carbonyl (C=O) groups excluding carboxylic acids is 1. The summed E-state index contributed by atoms with van der Waals surface area (Å²) in [6, 6.07) is 4.94. The third-order valence-electron chi connectivity index (χ3n) is 3.45.